The summed E-state index contributed by atoms with van der Waals surface area (Å²) >= 11 is 3.48. The van der Waals surface area contributed by atoms with E-state index in [-0.39, 0.29) is 0 Å². The molecule has 0 saturated carbocycles. The van der Waals surface area contributed by atoms with Crippen LogP contribution in [-0.2, 0) is 11.3 Å². The van der Waals surface area contributed by atoms with Crippen molar-refractivity contribution >= 4 is 15.9 Å². The molecule has 0 atom stereocenters. The van der Waals surface area contributed by atoms with Crippen molar-refractivity contribution in [2.24, 2.45) is 0 Å². The second kappa shape index (κ2) is 9.40. The van der Waals surface area contributed by atoms with E-state index in [0.29, 0.717) is 6.61 Å². The monoisotopic (exact) mass is 314 g/mol. The highest BCUT2D eigenvalue weighted by Gasteiger charge is 2.01. The largest absolute Gasteiger partial charge is 0.496 e. The van der Waals surface area contributed by atoms with E-state index in [4.69, 9.17) is 9.47 Å². The molecule has 0 unspecified atom stereocenters. The van der Waals surface area contributed by atoms with Crippen LogP contribution in [0.2, 0.25) is 0 Å². The van der Waals surface area contributed by atoms with Crippen LogP contribution in [0.5, 0.6) is 5.75 Å². The number of rotatable bonds is 9. The van der Waals surface area contributed by atoms with Crippen molar-refractivity contribution in [1.29, 1.82) is 0 Å². The highest BCUT2D eigenvalue weighted by atomic mass is 79.9. The van der Waals surface area contributed by atoms with Crippen LogP contribution >= 0.6 is 15.9 Å². The average molecular weight is 315 g/mol. The van der Waals surface area contributed by atoms with E-state index in [1.807, 2.05) is 12.1 Å². The van der Waals surface area contributed by atoms with Gasteiger partial charge >= 0.3 is 0 Å². The van der Waals surface area contributed by atoms with Crippen LogP contribution in [0.1, 0.15) is 44.6 Å². The van der Waals surface area contributed by atoms with E-state index in [0.717, 1.165) is 23.2 Å². The summed E-state index contributed by atoms with van der Waals surface area (Å²) < 4.78 is 11.8. The Kier molecular flexibility index (Phi) is 8.10. The summed E-state index contributed by atoms with van der Waals surface area (Å²) in [5.41, 5.74) is 1.18. The summed E-state index contributed by atoms with van der Waals surface area (Å²) in [7, 11) is 1.67. The third-order valence-electron chi connectivity index (χ3n) is 2.88. The van der Waals surface area contributed by atoms with E-state index in [9.17, 15) is 0 Å². The molecule has 0 aromatic heterocycles. The zero-order valence-corrected chi connectivity index (χ0v) is 13.0. The van der Waals surface area contributed by atoms with Crippen molar-refractivity contribution in [3.8, 4) is 5.75 Å². The third-order valence-corrected chi connectivity index (χ3v) is 3.50. The van der Waals surface area contributed by atoms with Gasteiger partial charge in [-0.2, -0.15) is 0 Å². The van der Waals surface area contributed by atoms with Gasteiger partial charge in [-0.25, -0.2) is 0 Å². The first-order valence-corrected chi connectivity index (χ1v) is 7.47. The van der Waals surface area contributed by atoms with E-state index in [1.165, 1.54) is 31.2 Å². The summed E-state index contributed by atoms with van der Waals surface area (Å²) in [6.45, 7) is 3.77. The molecule has 0 bridgehead atoms. The molecule has 0 saturated heterocycles. The smallest absolute Gasteiger partial charge is 0.133 e. The maximum absolute atomic E-state index is 5.67. The molecule has 1 aromatic carbocycles. The molecule has 0 aliphatic carbocycles. The fraction of sp³-hybridized carbons (Fsp3) is 0.600. The van der Waals surface area contributed by atoms with Crippen molar-refractivity contribution in [3.63, 3.8) is 0 Å². The molecular formula is C15H23BrO2. The molecule has 0 aliphatic heterocycles. The Balaban J connectivity index is 2.17. The van der Waals surface area contributed by atoms with Crippen LogP contribution in [0.15, 0.2) is 22.7 Å². The number of methoxy groups -OCH3 is 1. The Labute approximate surface area is 119 Å². The van der Waals surface area contributed by atoms with Crippen molar-refractivity contribution in [2.45, 2.75) is 45.6 Å². The standard InChI is InChI=1S/C15H23BrO2/c1-3-4-5-6-7-10-18-12-13-8-9-15(17-2)14(16)11-13/h8-9,11H,3-7,10,12H2,1-2H3. The van der Waals surface area contributed by atoms with E-state index in [1.54, 1.807) is 7.11 Å². The molecule has 1 aromatic rings. The first-order valence-electron chi connectivity index (χ1n) is 6.68. The lowest BCUT2D eigenvalue weighted by atomic mass is 10.2. The van der Waals surface area contributed by atoms with Gasteiger partial charge in [-0.1, -0.05) is 38.7 Å². The number of ether oxygens (including phenoxy) is 2. The van der Waals surface area contributed by atoms with Crippen LogP contribution in [0.3, 0.4) is 0 Å². The molecule has 18 heavy (non-hydrogen) atoms. The van der Waals surface area contributed by atoms with E-state index in [2.05, 4.69) is 28.9 Å². The minimum Gasteiger partial charge on any atom is -0.496 e. The third kappa shape index (κ3) is 5.87. The van der Waals surface area contributed by atoms with Gasteiger partial charge in [-0.3, -0.25) is 0 Å². The Morgan fingerprint density at radius 2 is 1.89 bits per heavy atom. The van der Waals surface area contributed by atoms with Crippen LogP contribution in [0, 0.1) is 0 Å². The molecule has 0 amide bonds. The molecule has 102 valence electrons. The van der Waals surface area contributed by atoms with Crippen LogP contribution in [0.4, 0.5) is 0 Å². The van der Waals surface area contributed by atoms with Gasteiger partial charge in [0.05, 0.1) is 18.2 Å². The van der Waals surface area contributed by atoms with Crippen molar-refractivity contribution in [2.75, 3.05) is 13.7 Å². The normalized spacial score (nSPS) is 10.6. The van der Waals surface area contributed by atoms with Gasteiger partial charge in [0.2, 0.25) is 0 Å². The summed E-state index contributed by atoms with van der Waals surface area (Å²) in [6, 6.07) is 6.06. The van der Waals surface area contributed by atoms with Gasteiger partial charge in [0.15, 0.2) is 0 Å². The second-order valence-electron chi connectivity index (χ2n) is 4.44. The molecule has 0 fully saturated rings. The predicted molar refractivity (Wildman–Crippen MR) is 79.1 cm³/mol. The zero-order chi connectivity index (χ0) is 13.2. The predicted octanol–water partition coefficient (Wildman–Crippen LogP) is 4.94. The van der Waals surface area contributed by atoms with Gasteiger partial charge in [0.1, 0.15) is 5.75 Å². The topological polar surface area (TPSA) is 18.5 Å². The Morgan fingerprint density at radius 3 is 2.56 bits per heavy atom. The fourth-order valence-electron chi connectivity index (χ4n) is 1.80. The molecule has 3 heteroatoms. The Hall–Kier alpha value is -0.540. The molecule has 0 N–H and O–H groups in total. The Bertz CT molecular complexity index is 339. The number of benzene rings is 1. The number of hydrogen-bond donors (Lipinski definition) is 0. The number of unbranched alkanes of at least 4 members (excludes halogenated alkanes) is 4. The van der Waals surface area contributed by atoms with Gasteiger partial charge in [0, 0.05) is 6.61 Å². The lowest BCUT2D eigenvalue weighted by Gasteiger charge is -2.07. The van der Waals surface area contributed by atoms with Crippen LogP contribution in [0.25, 0.3) is 0 Å². The maximum atomic E-state index is 5.67. The van der Waals surface area contributed by atoms with Gasteiger partial charge in [0.25, 0.3) is 0 Å². The summed E-state index contributed by atoms with van der Waals surface area (Å²) in [5.74, 6) is 0.860. The summed E-state index contributed by atoms with van der Waals surface area (Å²) in [5, 5.41) is 0. The molecular weight excluding hydrogens is 292 g/mol. The lowest BCUT2D eigenvalue weighted by molar-refractivity contribution is 0.116. The molecule has 0 radical (unpaired) electrons. The summed E-state index contributed by atoms with van der Waals surface area (Å²) in [6.07, 6.45) is 6.40. The van der Waals surface area contributed by atoms with Gasteiger partial charge in [-0.15, -0.1) is 0 Å². The highest BCUT2D eigenvalue weighted by Crippen LogP contribution is 2.25. The van der Waals surface area contributed by atoms with Crippen LogP contribution < -0.4 is 4.74 Å². The van der Waals surface area contributed by atoms with Crippen molar-refractivity contribution in [1.82, 2.24) is 0 Å². The Morgan fingerprint density at radius 1 is 1.11 bits per heavy atom. The number of halogens is 1. The fourth-order valence-corrected chi connectivity index (χ4v) is 2.39. The van der Waals surface area contributed by atoms with Gasteiger partial charge in [-0.05, 0) is 40.0 Å². The van der Waals surface area contributed by atoms with Crippen LogP contribution in [-0.4, -0.2) is 13.7 Å². The molecule has 0 aliphatic rings. The molecule has 0 spiro atoms. The highest BCUT2D eigenvalue weighted by molar-refractivity contribution is 9.10. The SMILES string of the molecule is CCCCCCCOCc1ccc(OC)c(Br)c1. The van der Waals surface area contributed by atoms with Crippen molar-refractivity contribution < 1.29 is 9.47 Å². The molecule has 0 heterocycles. The minimum atomic E-state index is 0.677. The van der Waals surface area contributed by atoms with E-state index < -0.39 is 0 Å². The van der Waals surface area contributed by atoms with E-state index >= 15 is 0 Å². The second-order valence-corrected chi connectivity index (χ2v) is 5.29. The number of hydrogen-bond acceptors (Lipinski definition) is 2. The maximum Gasteiger partial charge on any atom is 0.133 e. The molecule has 1 rings (SSSR count). The van der Waals surface area contributed by atoms with Crippen molar-refractivity contribution in [3.05, 3.63) is 28.2 Å². The first kappa shape index (κ1) is 15.5. The zero-order valence-electron chi connectivity index (χ0n) is 11.4. The van der Waals surface area contributed by atoms with Gasteiger partial charge < -0.3 is 9.47 Å². The average Bonchev–Trinajstić information content (AvgIpc) is 2.38. The molecule has 2 nitrogen and oxygen atoms in total. The quantitative estimate of drug-likeness (QED) is 0.601. The first-order chi connectivity index (χ1) is 8.77. The minimum absolute atomic E-state index is 0.677. The lowest BCUT2D eigenvalue weighted by Crippen LogP contribution is -1.96. The summed E-state index contributed by atoms with van der Waals surface area (Å²) in [4.78, 5) is 0.